The van der Waals surface area contributed by atoms with E-state index in [1.807, 2.05) is 11.6 Å². The molecule has 0 aliphatic rings. The maximum absolute atomic E-state index is 9.68. The fraction of sp³-hybridized carbons (Fsp3) is 0.727. The van der Waals surface area contributed by atoms with Crippen LogP contribution in [-0.4, -0.2) is 21.0 Å². The molecule has 0 aromatic carbocycles. The van der Waals surface area contributed by atoms with Gasteiger partial charge in [0, 0.05) is 13.0 Å². The van der Waals surface area contributed by atoms with Gasteiger partial charge >= 0.3 is 0 Å². The Morgan fingerprint density at radius 3 is 2.53 bits per heavy atom. The lowest BCUT2D eigenvalue weighted by Gasteiger charge is -2.09. The van der Waals surface area contributed by atoms with Crippen LogP contribution in [0.5, 0.6) is 0 Å². The van der Waals surface area contributed by atoms with Crippen molar-refractivity contribution in [1.29, 1.82) is 0 Å². The fourth-order valence-electron chi connectivity index (χ4n) is 1.58. The lowest BCUT2D eigenvalue weighted by atomic mass is 10.1. The largest absolute Gasteiger partial charge is 0.393 e. The van der Waals surface area contributed by atoms with E-state index >= 15 is 0 Å². The first kappa shape index (κ1) is 12.7. The third kappa shape index (κ3) is 2.82. The second kappa shape index (κ2) is 5.66. The normalized spacial score (nSPS) is 13.1. The van der Waals surface area contributed by atoms with Gasteiger partial charge in [0.05, 0.1) is 22.0 Å². The molecule has 1 aromatic heterocycles. The zero-order chi connectivity index (χ0) is 11.4. The average Bonchev–Trinajstić information content (AvgIpc) is 2.55. The molecule has 0 aliphatic heterocycles. The Hall–Kier alpha value is -0.350. The fourth-order valence-corrected chi connectivity index (χ4v) is 2.31. The molecule has 1 atom stereocenters. The minimum Gasteiger partial charge on any atom is -0.393 e. The van der Waals surface area contributed by atoms with Crippen LogP contribution < -0.4 is 0 Å². The third-order valence-corrected chi connectivity index (χ3v) is 3.51. The lowest BCUT2D eigenvalue weighted by Crippen LogP contribution is -2.13. The Kier molecular flexibility index (Phi) is 4.80. The van der Waals surface area contributed by atoms with Crippen molar-refractivity contribution < 1.29 is 5.11 Å². The SMILES string of the molecule is CCc1nn(CC)c(CC(O)CC)c1Br. The summed E-state index contributed by atoms with van der Waals surface area (Å²) < 4.78 is 3.04. The molecule has 1 rings (SSSR count). The second-order valence-electron chi connectivity index (χ2n) is 3.64. The monoisotopic (exact) mass is 274 g/mol. The first-order valence-corrected chi connectivity index (χ1v) is 6.35. The highest BCUT2D eigenvalue weighted by atomic mass is 79.9. The van der Waals surface area contributed by atoms with Crippen LogP contribution in [0, 0.1) is 0 Å². The maximum Gasteiger partial charge on any atom is 0.0766 e. The van der Waals surface area contributed by atoms with Crippen molar-refractivity contribution in [2.75, 3.05) is 0 Å². The van der Waals surface area contributed by atoms with Gasteiger partial charge in [0.15, 0.2) is 0 Å². The molecule has 1 heterocycles. The van der Waals surface area contributed by atoms with Gasteiger partial charge in [-0.15, -0.1) is 0 Å². The Morgan fingerprint density at radius 2 is 2.07 bits per heavy atom. The highest BCUT2D eigenvalue weighted by Crippen LogP contribution is 2.23. The van der Waals surface area contributed by atoms with Gasteiger partial charge in [-0.05, 0) is 35.7 Å². The second-order valence-corrected chi connectivity index (χ2v) is 4.44. The predicted molar refractivity (Wildman–Crippen MR) is 65.0 cm³/mol. The molecule has 15 heavy (non-hydrogen) atoms. The Bertz CT molecular complexity index is 323. The van der Waals surface area contributed by atoms with Crippen LogP contribution in [0.3, 0.4) is 0 Å². The highest BCUT2D eigenvalue weighted by molar-refractivity contribution is 9.10. The first-order chi connectivity index (χ1) is 7.13. The number of aromatic nitrogens is 2. The molecule has 1 N–H and O–H groups in total. The molecule has 0 saturated heterocycles. The molecule has 1 aromatic rings. The predicted octanol–water partition coefficient (Wildman–Crippen LogP) is 2.54. The summed E-state index contributed by atoms with van der Waals surface area (Å²) in [6.45, 7) is 7.00. The number of hydrogen-bond acceptors (Lipinski definition) is 2. The van der Waals surface area contributed by atoms with Gasteiger partial charge in [0.25, 0.3) is 0 Å². The summed E-state index contributed by atoms with van der Waals surface area (Å²) >= 11 is 3.57. The topological polar surface area (TPSA) is 38.0 Å². The molecule has 4 heteroatoms. The van der Waals surface area contributed by atoms with Crippen LogP contribution >= 0.6 is 15.9 Å². The van der Waals surface area contributed by atoms with Crippen LogP contribution in [0.1, 0.15) is 38.6 Å². The average molecular weight is 275 g/mol. The summed E-state index contributed by atoms with van der Waals surface area (Å²) in [5, 5.41) is 14.2. The first-order valence-electron chi connectivity index (χ1n) is 5.56. The van der Waals surface area contributed by atoms with E-state index in [1.165, 1.54) is 0 Å². The van der Waals surface area contributed by atoms with Gasteiger partial charge in [-0.1, -0.05) is 13.8 Å². The molecule has 0 spiro atoms. The van der Waals surface area contributed by atoms with E-state index in [2.05, 4.69) is 34.9 Å². The molecule has 1 unspecified atom stereocenters. The molecule has 0 saturated carbocycles. The molecule has 86 valence electrons. The van der Waals surface area contributed by atoms with Gasteiger partial charge < -0.3 is 5.11 Å². The molecule has 0 fully saturated rings. The van der Waals surface area contributed by atoms with Crippen molar-refractivity contribution in [3.63, 3.8) is 0 Å². The van der Waals surface area contributed by atoms with Crippen molar-refractivity contribution in [1.82, 2.24) is 9.78 Å². The number of hydrogen-bond donors (Lipinski definition) is 1. The minimum absolute atomic E-state index is 0.270. The Labute approximate surface area is 99.6 Å². The van der Waals surface area contributed by atoms with E-state index in [0.29, 0.717) is 6.42 Å². The van der Waals surface area contributed by atoms with Crippen molar-refractivity contribution in [3.05, 3.63) is 15.9 Å². The van der Waals surface area contributed by atoms with E-state index < -0.39 is 0 Å². The standard InChI is InChI=1S/C11H19BrN2O/c1-4-8(15)7-10-11(12)9(5-2)13-14(10)6-3/h8,15H,4-7H2,1-3H3. The van der Waals surface area contributed by atoms with E-state index in [1.54, 1.807) is 0 Å². The van der Waals surface area contributed by atoms with Crippen LogP contribution in [0.15, 0.2) is 4.47 Å². The number of halogens is 1. The van der Waals surface area contributed by atoms with Gasteiger partial charge in [0.2, 0.25) is 0 Å². The molecule has 0 aliphatic carbocycles. The Morgan fingerprint density at radius 1 is 1.40 bits per heavy atom. The molecular formula is C11H19BrN2O. The zero-order valence-electron chi connectivity index (χ0n) is 9.63. The number of aryl methyl sites for hydroxylation is 2. The van der Waals surface area contributed by atoms with E-state index in [0.717, 1.165) is 35.2 Å². The van der Waals surface area contributed by atoms with Gasteiger partial charge in [-0.25, -0.2) is 0 Å². The van der Waals surface area contributed by atoms with Gasteiger partial charge in [-0.3, -0.25) is 4.68 Å². The summed E-state index contributed by atoms with van der Waals surface area (Å²) in [6.07, 6.45) is 2.11. The molecule has 3 nitrogen and oxygen atoms in total. The van der Waals surface area contributed by atoms with Crippen molar-refractivity contribution >= 4 is 15.9 Å². The summed E-state index contributed by atoms with van der Waals surface area (Å²) in [5.41, 5.74) is 2.19. The summed E-state index contributed by atoms with van der Waals surface area (Å²) in [7, 11) is 0. The molecule has 0 radical (unpaired) electrons. The zero-order valence-corrected chi connectivity index (χ0v) is 11.2. The Balaban J connectivity index is 2.97. The quantitative estimate of drug-likeness (QED) is 0.896. The van der Waals surface area contributed by atoms with E-state index in [-0.39, 0.29) is 6.10 Å². The highest BCUT2D eigenvalue weighted by Gasteiger charge is 2.16. The lowest BCUT2D eigenvalue weighted by molar-refractivity contribution is 0.167. The third-order valence-electron chi connectivity index (χ3n) is 2.59. The molecule has 0 bridgehead atoms. The number of nitrogens with zero attached hydrogens (tertiary/aromatic N) is 2. The minimum atomic E-state index is -0.270. The smallest absolute Gasteiger partial charge is 0.0766 e. The van der Waals surface area contributed by atoms with Crippen LogP contribution in [0.4, 0.5) is 0 Å². The van der Waals surface area contributed by atoms with Crippen molar-refractivity contribution in [2.24, 2.45) is 0 Å². The summed E-state index contributed by atoms with van der Waals surface area (Å²) in [4.78, 5) is 0. The molecule has 0 amide bonds. The van der Waals surface area contributed by atoms with Crippen molar-refractivity contribution in [3.8, 4) is 0 Å². The number of aliphatic hydroxyl groups excluding tert-OH is 1. The van der Waals surface area contributed by atoms with Crippen molar-refractivity contribution in [2.45, 2.75) is 52.7 Å². The summed E-state index contributed by atoms with van der Waals surface area (Å²) in [6, 6.07) is 0. The van der Waals surface area contributed by atoms with Crippen LogP contribution in [-0.2, 0) is 19.4 Å². The van der Waals surface area contributed by atoms with E-state index in [4.69, 9.17) is 0 Å². The molecular weight excluding hydrogens is 256 g/mol. The summed E-state index contributed by atoms with van der Waals surface area (Å²) in [5.74, 6) is 0. The number of aliphatic hydroxyl groups is 1. The maximum atomic E-state index is 9.68. The number of rotatable bonds is 5. The van der Waals surface area contributed by atoms with E-state index in [9.17, 15) is 5.11 Å². The van der Waals surface area contributed by atoms with Crippen LogP contribution in [0.25, 0.3) is 0 Å². The van der Waals surface area contributed by atoms with Crippen LogP contribution in [0.2, 0.25) is 0 Å². The van der Waals surface area contributed by atoms with Gasteiger partial charge in [0.1, 0.15) is 0 Å². The van der Waals surface area contributed by atoms with Gasteiger partial charge in [-0.2, -0.15) is 5.10 Å².